The summed E-state index contributed by atoms with van der Waals surface area (Å²) in [6.45, 7) is 0.663. The molecule has 0 atom stereocenters. The molecule has 0 bridgehead atoms. The van der Waals surface area contributed by atoms with E-state index in [-0.39, 0.29) is 11.4 Å². The quantitative estimate of drug-likeness (QED) is 0.460. The molecule has 0 aliphatic carbocycles. The monoisotopic (exact) mass is 446 g/mol. The van der Waals surface area contributed by atoms with Gasteiger partial charge in [0.1, 0.15) is 0 Å². The summed E-state index contributed by atoms with van der Waals surface area (Å²) in [5.41, 5.74) is 4.32. The third-order valence-corrected chi connectivity index (χ3v) is 7.65. The van der Waals surface area contributed by atoms with Gasteiger partial charge in [-0.2, -0.15) is 4.31 Å². The lowest BCUT2D eigenvalue weighted by molar-refractivity contribution is 0.0601. The number of nitrogens with zero attached hydrogens (tertiary/aromatic N) is 1. The van der Waals surface area contributed by atoms with Gasteiger partial charge in [0, 0.05) is 42.0 Å². The van der Waals surface area contributed by atoms with E-state index in [9.17, 15) is 13.2 Å². The van der Waals surface area contributed by atoms with E-state index < -0.39 is 16.0 Å². The zero-order chi connectivity index (χ0) is 21.3. The second kappa shape index (κ2) is 8.41. The van der Waals surface area contributed by atoms with E-state index in [4.69, 9.17) is 16.3 Å². The van der Waals surface area contributed by atoms with E-state index in [1.807, 2.05) is 18.2 Å². The Kier molecular flexibility index (Phi) is 5.86. The largest absolute Gasteiger partial charge is 0.465 e. The van der Waals surface area contributed by atoms with Gasteiger partial charge in [-0.25, -0.2) is 13.2 Å². The van der Waals surface area contributed by atoms with Gasteiger partial charge < -0.3 is 9.72 Å². The number of hydrogen-bond donors (Lipinski definition) is 1. The Bertz CT molecular complexity index is 1190. The molecule has 8 heteroatoms. The number of aromatic nitrogens is 1. The molecule has 1 aromatic heterocycles. The molecule has 4 rings (SSSR count). The topological polar surface area (TPSA) is 79.5 Å². The van der Waals surface area contributed by atoms with Gasteiger partial charge in [0.15, 0.2) is 0 Å². The van der Waals surface area contributed by atoms with Crippen LogP contribution < -0.4 is 0 Å². The first-order chi connectivity index (χ1) is 14.4. The van der Waals surface area contributed by atoms with Crippen molar-refractivity contribution in [3.63, 3.8) is 0 Å². The lowest BCUT2D eigenvalue weighted by Crippen LogP contribution is -2.35. The second-order valence-electron chi connectivity index (χ2n) is 7.36. The van der Waals surface area contributed by atoms with Gasteiger partial charge >= 0.3 is 5.97 Å². The molecule has 0 amide bonds. The van der Waals surface area contributed by atoms with E-state index in [0.717, 1.165) is 40.6 Å². The summed E-state index contributed by atoms with van der Waals surface area (Å²) < 4.78 is 32.8. The number of methoxy groups -OCH3 is 1. The number of hydrogen-bond acceptors (Lipinski definition) is 4. The maximum absolute atomic E-state index is 13.2. The van der Waals surface area contributed by atoms with E-state index in [2.05, 4.69) is 4.98 Å². The smallest absolute Gasteiger partial charge is 0.337 e. The number of halogens is 1. The number of H-pyrrole nitrogens is 1. The number of alkyl halides is 1. The summed E-state index contributed by atoms with van der Waals surface area (Å²) in [6, 6.07) is 12.3. The van der Waals surface area contributed by atoms with E-state index in [1.165, 1.54) is 11.4 Å². The SMILES string of the molecule is COC(=O)c1ccc2[nH]c3c(c2c1)CN(S(=O)(=O)c1ccc(CCCCl)cc1)CC3. The summed E-state index contributed by atoms with van der Waals surface area (Å²) in [7, 11) is -2.28. The molecule has 0 radical (unpaired) electrons. The van der Waals surface area contributed by atoms with Crippen molar-refractivity contribution in [1.82, 2.24) is 9.29 Å². The van der Waals surface area contributed by atoms with E-state index >= 15 is 0 Å². The average Bonchev–Trinajstić information content (AvgIpc) is 3.14. The minimum absolute atomic E-state index is 0.260. The van der Waals surface area contributed by atoms with Crippen molar-refractivity contribution in [3.8, 4) is 0 Å². The van der Waals surface area contributed by atoms with Crippen LogP contribution >= 0.6 is 11.6 Å². The molecular formula is C22H23ClN2O4S. The molecule has 6 nitrogen and oxygen atoms in total. The van der Waals surface area contributed by atoms with Crippen LogP contribution in [0.2, 0.25) is 0 Å². The van der Waals surface area contributed by atoms with Crippen molar-refractivity contribution < 1.29 is 17.9 Å². The van der Waals surface area contributed by atoms with Gasteiger partial charge in [-0.1, -0.05) is 12.1 Å². The number of nitrogens with one attached hydrogen (secondary N) is 1. The first-order valence-corrected chi connectivity index (χ1v) is 11.8. The molecule has 0 saturated carbocycles. The van der Waals surface area contributed by atoms with Crippen LogP contribution in [0, 0.1) is 0 Å². The summed E-state index contributed by atoms with van der Waals surface area (Å²) in [5, 5.41) is 0.851. The Morgan fingerprint density at radius 2 is 1.97 bits per heavy atom. The van der Waals surface area contributed by atoms with Gasteiger partial charge in [-0.05, 0) is 54.3 Å². The zero-order valence-electron chi connectivity index (χ0n) is 16.7. The fourth-order valence-electron chi connectivity index (χ4n) is 3.89. The molecule has 1 N–H and O–H groups in total. The number of aromatic amines is 1. The van der Waals surface area contributed by atoms with Crippen molar-refractivity contribution in [2.75, 3.05) is 19.5 Å². The fourth-order valence-corrected chi connectivity index (χ4v) is 5.43. The lowest BCUT2D eigenvalue weighted by atomic mass is 10.0. The molecule has 158 valence electrons. The highest BCUT2D eigenvalue weighted by Crippen LogP contribution is 2.31. The van der Waals surface area contributed by atoms with Crippen LogP contribution in [-0.4, -0.2) is 43.2 Å². The maximum atomic E-state index is 13.2. The van der Waals surface area contributed by atoms with Crippen LogP contribution in [0.5, 0.6) is 0 Å². The Labute approximate surface area is 180 Å². The number of carbonyl (C=O) groups excluding carboxylic acids is 1. The summed E-state index contributed by atoms with van der Waals surface area (Å²) in [5.74, 6) is 0.166. The molecule has 2 heterocycles. The Morgan fingerprint density at radius 1 is 1.20 bits per heavy atom. The minimum Gasteiger partial charge on any atom is -0.465 e. The highest BCUT2D eigenvalue weighted by molar-refractivity contribution is 7.89. The van der Waals surface area contributed by atoms with Gasteiger partial charge in [0.05, 0.1) is 17.6 Å². The number of sulfonamides is 1. The van der Waals surface area contributed by atoms with Gasteiger partial charge in [-0.15, -0.1) is 11.6 Å². The molecule has 0 spiro atoms. The molecular weight excluding hydrogens is 424 g/mol. The number of esters is 1. The zero-order valence-corrected chi connectivity index (χ0v) is 18.2. The second-order valence-corrected chi connectivity index (χ2v) is 9.68. The number of carbonyl (C=O) groups is 1. The Balaban J connectivity index is 1.63. The average molecular weight is 447 g/mol. The molecule has 1 aliphatic heterocycles. The lowest BCUT2D eigenvalue weighted by Gasteiger charge is -2.26. The number of fused-ring (bicyclic) bond motifs is 3. The molecule has 2 aromatic carbocycles. The van der Waals surface area contributed by atoms with Crippen molar-refractivity contribution >= 4 is 38.5 Å². The molecule has 3 aromatic rings. The Hall–Kier alpha value is -2.35. The van der Waals surface area contributed by atoms with Crippen molar-refractivity contribution in [2.24, 2.45) is 0 Å². The summed E-state index contributed by atoms with van der Waals surface area (Å²) in [6.07, 6.45) is 2.27. The van der Waals surface area contributed by atoms with Gasteiger partial charge in [0.25, 0.3) is 0 Å². The maximum Gasteiger partial charge on any atom is 0.337 e. The standard InChI is InChI=1S/C22H23ClN2O4S/c1-29-22(26)16-6-9-20-18(13-16)19-14-25(12-10-21(19)24-20)30(27,28)17-7-4-15(5-8-17)3-2-11-23/h4-9,13,24H,2-3,10-12,14H2,1H3. The molecule has 1 aliphatic rings. The van der Waals surface area contributed by atoms with Gasteiger partial charge in [0.2, 0.25) is 10.0 Å². The number of benzene rings is 2. The predicted octanol–water partition coefficient (Wildman–Crippen LogP) is 3.87. The van der Waals surface area contributed by atoms with Crippen LogP contribution in [-0.2, 0) is 34.1 Å². The fraction of sp³-hybridized carbons (Fsp3) is 0.318. The predicted molar refractivity (Wildman–Crippen MR) is 116 cm³/mol. The summed E-state index contributed by atoms with van der Waals surface area (Å²) >= 11 is 5.73. The highest BCUT2D eigenvalue weighted by Gasteiger charge is 2.30. The normalized spacial score (nSPS) is 14.6. The van der Waals surface area contributed by atoms with Crippen LogP contribution in [0.25, 0.3) is 10.9 Å². The third kappa shape index (κ3) is 3.85. The molecule has 0 unspecified atom stereocenters. The Morgan fingerprint density at radius 3 is 2.67 bits per heavy atom. The minimum atomic E-state index is -3.62. The first kappa shape index (κ1) is 20.9. The molecule has 0 saturated heterocycles. The van der Waals surface area contributed by atoms with Crippen molar-refractivity contribution in [1.29, 1.82) is 0 Å². The van der Waals surface area contributed by atoms with Crippen molar-refractivity contribution in [3.05, 3.63) is 64.8 Å². The molecule has 0 fully saturated rings. The molecule has 30 heavy (non-hydrogen) atoms. The van der Waals surface area contributed by atoms with E-state index in [1.54, 1.807) is 24.3 Å². The van der Waals surface area contributed by atoms with Gasteiger partial charge in [-0.3, -0.25) is 0 Å². The van der Waals surface area contributed by atoms with Crippen molar-refractivity contribution in [2.45, 2.75) is 30.7 Å². The van der Waals surface area contributed by atoms with Crippen LogP contribution in [0.3, 0.4) is 0 Å². The van der Waals surface area contributed by atoms with E-state index in [0.29, 0.717) is 24.4 Å². The summed E-state index contributed by atoms with van der Waals surface area (Å²) in [4.78, 5) is 15.5. The number of rotatable bonds is 6. The van der Waals surface area contributed by atoms with Crippen LogP contribution in [0.4, 0.5) is 0 Å². The van der Waals surface area contributed by atoms with Crippen LogP contribution in [0.1, 0.15) is 33.6 Å². The first-order valence-electron chi connectivity index (χ1n) is 9.81. The number of ether oxygens (including phenoxy) is 1. The highest BCUT2D eigenvalue weighted by atomic mass is 35.5. The third-order valence-electron chi connectivity index (χ3n) is 5.52. The number of aryl methyl sites for hydroxylation is 1. The van der Waals surface area contributed by atoms with Crippen LogP contribution in [0.15, 0.2) is 47.4 Å².